The Morgan fingerprint density at radius 2 is 1.83 bits per heavy atom. The van der Waals surface area contributed by atoms with Crippen molar-refractivity contribution in [2.75, 3.05) is 14.2 Å². The molecule has 1 aromatic carbocycles. The molecule has 4 nitrogen and oxygen atoms in total. The van der Waals surface area contributed by atoms with Crippen LogP contribution in [0.25, 0.3) is 6.08 Å². The second-order valence-corrected chi connectivity index (χ2v) is 6.70. The van der Waals surface area contributed by atoms with Gasteiger partial charge in [0.05, 0.1) is 20.3 Å². The summed E-state index contributed by atoms with van der Waals surface area (Å²) < 4.78 is 10.5. The lowest BCUT2D eigenvalue weighted by Crippen LogP contribution is -2.29. The van der Waals surface area contributed by atoms with Gasteiger partial charge in [0.25, 0.3) is 0 Å². The zero-order valence-electron chi connectivity index (χ0n) is 14.4. The summed E-state index contributed by atoms with van der Waals surface area (Å²) in [5.74, 6) is 1.57. The quantitative estimate of drug-likeness (QED) is 0.762. The number of thiophene rings is 1. The van der Waals surface area contributed by atoms with Crippen LogP contribution in [-0.2, 0) is 4.79 Å². The maximum atomic E-state index is 12.3. The maximum absolute atomic E-state index is 12.3. The fraction of sp³-hybridized carbons (Fsp3) is 0.316. The molecule has 1 amide bonds. The Labute approximate surface area is 147 Å². The first kappa shape index (κ1) is 18.1. The van der Waals surface area contributed by atoms with Crippen molar-refractivity contribution in [3.63, 3.8) is 0 Å². The van der Waals surface area contributed by atoms with Crippen molar-refractivity contribution >= 4 is 23.3 Å². The maximum Gasteiger partial charge on any atom is 0.244 e. The molecule has 128 valence electrons. The van der Waals surface area contributed by atoms with Crippen molar-refractivity contribution in [2.45, 2.75) is 19.9 Å². The van der Waals surface area contributed by atoms with Gasteiger partial charge in [0, 0.05) is 17.0 Å². The molecule has 0 aliphatic rings. The number of amides is 1. The average Bonchev–Trinajstić information content (AvgIpc) is 3.11. The summed E-state index contributed by atoms with van der Waals surface area (Å²) in [4.78, 5) is 13.4. The van der Waals surface area contributed by atoms with Gasteiger partial charge in [-0.2, -0.15) is 0 Å². The largest absolute Gasteiger partial charge is 0.497 e. The van der Waals surface area contributed by atoms with E-state index in [1.807, 2.05) is 29.6 Å². The fourth-order valence-corrected chi connectivity index (χ4v) is 3.28. The highest BCUT2D eigenvalue weighted by Gasteiger charge is 2.18. The van der Waals surface area contributed by atoms with Crippen LogP contribution in [0.5, 0.6) is 11.5 Å². The van der Waals surface area contributed by atoms with Crippen LogP contribution in [0.15, 0.2) is 41.8 Å². The van der Waals surface area contributed by atoms with E-state index in [2.05, 4.69) is 19.2 Å². The molecule has 0 aliphatic heterocycles. The van der Waals surface area contributed by atoms with Crippen molar-refractivity contribution in [1.29, 1.82) is 0 Å². The van der Waals surface area contributed by atoms with Crippen LogP contribution < -0.4 is 14.8 Å². The Kier molecular flexibility index (Phi) is 6.44. The number of rotatable bonds is 7. The number of hydrogen-bond donors (Lipinski definition) is 1. The van der Waals surface area contributed by atoms with E-state index in [9.17, 15) is 4.79 Å². The number of hydrogen-bond acceptors (Lipinski definition) is 4. The van der Waals surface area contributed by atoms with Crippen LogP contribution in [-0.4, -0.2) is 20.1 Å². The van der Waals surface area contributed by atoms with Crippen molar-refractivity contribution in [3.05, 3.63) is 52.2 Å². The van der Waals surface area contributed by atoms with Crippen LogP contribution in [0.1, 0.15) is 30.3 Å². The topological polar surface area (TPSA) is 47.6 Å². The third kappa shape index (κ3) is 4.86. The van der Waals surface area contributed by atoms with E-state index >= 15 is 0 Å². The van der Waals surface area contributed by atoms with E-state index in [1.165, 1.54) is 6.08 Å². The van der Waals surface area contributed by atoms with Gasteiger partial charge in [-0.05, 0) is 41.1 Å². The Hall–Kier alpha value is -2.27. The van der Waals surface area contributed by atoms with E-state index in [1.54, 1.807) is 37.7 Å². The number of ether oxygens (including phenoxy) is 2. The highest BCUT2D eigenvalue weighted by Crippen LogP contribution is 2.26. The van der Waals surface area contributed by atoms with Gasteiger partial charge in [0.2, 0.25) is 5.91 Å². The number of nitrogens with one attached hydrogen (secondary N) is 1. The van der Waals surface area contributed by atoms with Crippen LogP contribution in [0.3, 0.4) is 0 Å². The molecule has 0 bridgehead atoms. The number of benzene rings is 1. The lowest BCUT2D eigenvalue weighted by molar-refractivity contribution is -0.117. The zero-order valence-corrected chi connectivity index (χ0v) is 15.2. The monoisotopic (exact) mass is 345 g/mol. The molecule has 0 aliphatic carbocycles. The first-order valence-corrected chi connectivity index (χ1v) is 8.66. The molecule has 0 spiro atoms. The minimum atomic E-state index is -0.121. The molecule has 1 atom stereocenters. The third-order valence-electron chi connectivity index (χ3n) is 3.62. The van der Waals surface area contributed by atoms with Crippen LogP contribution in [0.2, 0.25) is 0 Å². The molecule has 0 radical (unpaired) electrons. The van der Waals surface area contributed by atoms with E-state index in [0.29, 0.717) is 17.4 Å². The lowest BCUT2D eigenvalue weighted by Gasteiger charge is -2.20. The van der Waals surface area contributed by atoms with Crippen LogP contribution in [0, 0.1) is 5.92 Å². The first-order valence-electron chi connectivity index (χ1n) is 7.78. The van der Waals surface area contributed by atoms with E-state index in [4.69, 9.17) is 9.47 Å². The molecule has 2 aromatic rings. The van der Waals surface area contributed by atoms with Gasteiger partial charge in [-0.25, -0.2) is 0 Å². The van der Waals surface area contributed by atoms with E-state index in [0.717, 1.165) is 10.4 Å². The molecule has 0 fully saturated rings. The number of methoxy groups -OCH3 is 2. The molecular weight excluding hydrogens is 322 g/mol. The minimum absolute atomic E-state index is 0.0157. The second kappa shape index (κ2) is 8.55. The van der Waals surface area contributed by atoms with Crippen molar-refractivity contribution in [3.8, 4) is 11.5 Å². The molecule has 1 N–H and O–H groups in total. The molecule has 1 aromatic heterocycles. The van der Waals surface area contributed by atoms with E-state index < -0.39 is 0 Å². The summed E-state index contributed by atoms with van der Waals surface area (Å²) in [5, 5.41) is 5.09. The predicted octanol–water partition coefficient (Wildman–Crippen LogP) is 4.29. The molecule has 1 heterocycles. The van der Waals surface area contributed by atoms with Crippen molar-refractivity contribution < 1.29 is 14.3 Å². The Morgan fingerprint density at radius 3 is 2.33 bits per heavy atom. The number of carbonyl (C=O) groups is 1. The van der Waals surface area contributed by atoms with Gasteiger partial charge in [0.15, 0.2) is 0 Å². The molecular formula is C19H23NO3S. The number of carbonyl (C=O) groups excluding carboxylic acids is 1. The average molecular weight is 345 g/mol. The fourth-order valence-electron chi connectivity index (χ4n) is 2.33. The summed E-state index contributed by atoms with van der Waals surface area (Å²) in [6.45, 7) is 4.20. The summed E-state index contributed by atoms with van der Waals surface area (Å²) in [6.07, 6.45) is 3.30. The summed E-state index contributed by atoms with van der Waals surface area (Å²) in [6, 6.07) is 9.56. The smallest absolute Gasteiger partial charge is 0.244 e. The normalized spacial score (nSPS) is 12.4. The molecule has 0 saturated heterocycles. The Bertz CT molecular complexity index is 670. The molecule has 0 saturated carbocycles. The Morgan fingerprint density at radius 1 is 1.17 bits per heavy atom. The summed E-state index contributed by atoms with van der Waals surface area (Å²) in [7, 11) is 3.20. The molecule has 5 heteroatoms. The van der Waals surface area contributed by atoms with Gasteiger partial charge in [0.1, 0.15) is 11.5 Å². The van der Waals surface area contributed by atoms with E-state index in [-0.39, 0.29) is 11.9 Å². The lowest BCUT2D eigenvalue weighted by atomic mass is 10.0. The van der Waals surface area contributed by atoms with Gasteiger partial charge in [-0.15, -0.1) is 11.3 Å². The van der Waals surface area contributed by atoms with Gasteiger partial charge in [-0.1, -0.05) is 19.9 Å². The van der Waals surface area contributed by atoms with Crippen LogP contribution in [0.4, 0.5) is 0 Å². The highest BCUT2D eigenvalue weighted by molar-refractivity contribution is 7.10. The van der Waals surface area contributed by atoms with Gasteiger partial charge >= 0.3 is 0 Å². The third-order valence-corrected chi connectivity index (χ3v) is 4.57. The zero-order chi connectivity index (χ0) is 17.5. The highest BCUT2D eigenvalue weighted by atomic mass is 32.1. The van der Waals surface area contributed by atoms with Gasteiger partial charge < -0.3 is 14.8 Å². The first-order chi connectivity index (χ1) is 11.5. The second-order valence-electron chi connectivity index (χ2n) is 5.73. The van der Waals surface area contributed by atoms with Gasteiger partial charge in [-0.3, -0.25) is 4.79 Å². The summed E-state index contributed by atoms with van der Waals surface area (Å²) >= 11 is 1.65. The molecule has 2 rings (SSSR count). The summed E-state index contributed by atoms with van der Waals surface area (Å²) in [5.41, 5.74) is 0.846. The van der Waals surface area contributed by atoms with Crippen molar-refractivity contribution in [2.24, 2.45) is 5.92 Å². The predicted molar refractivity (Wildman–Crippen MR) is 98.6 cm³/mol. The molecule has 1 unspecified atom stereocenters. The SMILES string of the molecule is COc1cc(/C=C/C(=O)NC(c2cccs2)C(C)C)cc(OC)c1. The minimum Gasteiger partial charge on any atom is -0.497 e. The molecule has 24 heavy (non-hydrogen) atoms. The van der Waals surface area contributed by atoms with Crippen molar-refractivity contribution in [1.82, 2.24) is 5.32 Å². The Balaban J connectivity index is 2.09. The standard InChI is InChI=1S/C19H23NO3S/c1-13(2)19(17-6-5-9-24-17)20-18(21)8-7-14-10-15(22-3)12-16(11-14)23-4/h5-13,19H,1-4H3,(H,20,21)/b8-7+. The van der Waals surface area contributed by atoms with Crippen LogP contribution >= 0.6 is 11.3 Å².